The monoisotopic (exact) mass is 188 g/mol. The lowest BCUT2D eigenvalue weighted by Gasteiger charge is -2.22. The Balaban J connectivity index is 2.09. The fraction of sp³-hybridized carbons (Fsp3) is 0.875. The number of carbonyl (C=O) groups excluding carboxylic acids is 1. The Kier molecular flexibility index (Phi) is 4.46. The van der Waals surface area contributed by atoms with Gasteiger partial charge in [0.15, 0.2) is 0 Å². The third-order valence-electron chi connectivity index (χ3n) is 2.13. The molecule has 1 aliphatic heterocycles. The molecule has 0 saturated carbocycles. The van der Waals surface area contributed by atoms with Crippen molar-refractivity contribution in [1.82, 2.24) is 10.6 Å². The molecule has 1 heterocycles. The highest BCUT2D eigenvalue weighted by molar-refractivity contribution is 7.81. The number of thiol groups is 1. The molecule has 0 spiro atoms. The van der Waals surface area contributed by atoms with E-state index in [-0.39, 0.29) is 5.91 Å². The van der Waals surface area contributed by atoms with E-state index in [9.17, 15) is 4.79 Å². The molecule has 0 aromatic carbocycles. The molecule has 0 aromatic heterocycles. The van der Waals surface area contributed by atoms with Crippen molar-refractivity contribution >= 4 is 18.5 Å². The SMILES string of the molecule is O=C(CS)NCC1CCCNC1. The zero-order chi connectivity index (χ0) is 8.81. The van der Waals surface area contributed by atoms with Gasteiger partial charge in [-0.1, -0.05) is 0 Å². The van der Waals surface area contributed by atoms with Crippen molar-refractivity contribution in [3.8, 4) is 0 Å². The van der Waals surface area contributed by atoms with Crippen molar-refractivity contribution in [3.05, 3.63) is 0 Å². The van der Waals surface area contributed by atoms with Crippen LogP contribution in [-0.4, -0.2) is 31.3 Å². The standard InChI is InChI=1S/C8H16N2OS/c11-8(6-12)10-5-7-2-1-3-9-4-7/h7,9,12H,1-6H2,(H,10,11). The smallest absolute Gasteiger partial charge is 0.229 e. The quantitative estimate of drug-likeness (QED) is 0.547. The fourth-order valence-corrected chi connectivity index (χ4v) is 1.52. The van der Waals surface area contributed by atoms with E-state index >= 15 is 0 Å². The largest absolute Gasteiger partial charge is 0.355 e. The Morgan fingerprint density at radius 1 is 1.67 bits per heavy atom. The van der Waals surface area contributed by atoms with Crippen molar-refractivity contribution in [2.24, 2.45) is 5.92 Å². The Hall–Kier alpha value is -0.220. The highest BCUT2D eigenvalue weighted by Crippen LogP contribution is 2.07. The van der Waals surface area contributed by atoms with Crippen LogP contribution in [0.1, 0.15) is 12.8 Å². The van der Waals surface area contributed by atoms with E-state index in [0.717, 1.165) is 19.6 Å². The van der Waals surface area contributed by atoms with E-state index in [1.807, 2.05) is 0 Å². The van der Waals surface area contributed by atoms with E-state index in [0.29, 0.717) is 11.7 Å². The van der Waals surface area contributed by atoms with Crippen molar-refractivity contribution in [2.45, 2.75) is 12.8 Å². The first-order chi connectivity index (χ1) is 5.83. The van der Waals surface area contributed by atoms with E-state index in [2.05, 4.69) is 23.3 Å². The van der Waals surface area contributed by atoms with Crippen LogP contribution in [0, 0.1) is 5.92 Å². The molecule has 2 N–H and O–H groups in total. The molecule has 12 heavy (non-hydrogen) atoms. The van der Waals surface area contributed by atoms with E-state index in [1.165, 1.54) is 12.8 Å². The lowest BCUT2D eigenvalue weighted by atomic mass is 10.00. The Bertz CT molecular complexity index is 146. The topological polar surface area (TPSA) is 41.1 Å². The summed E-state index contributed by atoms with van der Waals surface area (Å²) in [5, 5.41) is 6.15. The van der Waals surface area contributed by atoms with E-state index < -0.39 is 0 Å². The fourth-order valence-electron chi connectivity index (χ4n) is 1.41. The number of hydrogen-bond donors (Lipinski definition) is 3. The molecular formula is C8H16N2OS. The molecule has 3 nitrogen and oxygen atoms in total. The minimum absolute atomic E-state index is 0.0314. The van der Waals surface area contributed by atoms with Crippen molar-refractivity contribution in [2.75, 3.05) is 25.4 Å². The normalized spacial score (nSPS) is 23.6. The second kappa shape index (κ2) is 5.43. The maximum Gasteiger partial charge on any atom is 0.229 e. The van der Waals surface area contributed by atoms with Crippen LogP contribution in [0.2, 0.25) is 0 Å². The molecule has 1 unspecified atom stereocenters. The molecular weight excluding hydrogens is 172 g/mol. The molecule has 70 valence electrons. The van der Waals surface area contributed by atoms with Crippen molar-refractivity contribution < 1.29 is 4.79 Å². The third-order valence-corrected chi connectivity index (χ3v) is 2.42. The van der Waals surface area contributed by atoms with Gasteiger partial charge in [0.2, 0.25) is 5.91 Å². The van der Waals surface area contributed by atoms with Crippen LogP contribution < -0.4 is 10.6 Å². The van der Waals surface area contributed by atoms with Crippen LogP contribution >= 0.6 is 12.6 Å². The average molecular weight is 188 g/mol. The molecule has 0 aromatic rings. The highest BCUT2D eigenvalue weighted by Gasteiger charge is 2.12. The van der Waals surface area contributed by atoms with Crippen molar-refractivity contribution in [1.29, 1.82) is 0 Å². The number of carbonyl (C=O) groups is 1. The number of amides is 1. The van der Waals surface area contributed by atoms with Gasteiger partial charge in [0.25, 0.3) is 0 Å². The summed E-state index contributed by atoms with van der Waals surface area (Å²) in [6, 6.07) is 0. The van der Waals surface area contributed by atoms with Gasteiger partial charge < -0.3 is 10.6 Å². The molecule has 0 radical (unpaired) electrons. The molecule has 0 bridgehead atoms. The minimum atomic E-state index is 0.0314. The first-order valence-corrected chi connectivity index (χ1v) is 5.04. The molecule has 4 heteroatoms. The van der Waals surface area contributed by atoms with Crippen LogP contribution in [0.15, 0.2) is 0 Å². The van der Waals surface area contributed by atoms with Gasteiger partial charge in [-0.15, -0.1) is 0 Å². The summed E-state index contributed by atoms with van der Waals surface area (Å²) in [4.78, 5) is 10.8. The van der Waals surface area contributed by atoms with Gasteiger partial charge in [0.05, 0.1) is 5.75 Å². The number of rotatable bonds is 3. The van der Waals surface area contributed by atoms with Crippen LogP contribution in [0.4, 0.5) is 0 Å². The third kappa shape index (κ3) is 3.45. The predicted molar refractivity (Wildman–Crippen MR) is 52.5 cm³/mol. The average Bonchev–Trinajstić information content (AvgIpc) is 2.16. The first-order valence-electron chi connectivity index (χ1n) is 4.41. The summed E-state index contributed by atoms with van der Waals surface area (Å²) < 4.78 is 0. The van der Waals surface area contributed by atoms with Gasteiger partial charge in [0, 0.05) is 6.54 Å². The second-order valence-corrected chi connectivity index (χ2v) is 3.49. The number of hydrogen-bond acceptors (Lipinski definition) is 3. The predicted octanol–water partition coefficient (Wildman–Crippen LogP) is 0.0320. The van der Waals surface area contributed by atoms with Crippen LogP contribution in [0.3, 0.4) is 0 Å². The zero-order valence-electron chi connectivity index (χ0n) is 7.18. The lowest BCUT2D eigenvalue weighted by Crippen LogP contribution is -2.38. The molecule has 1 amide bonds. The van der Waals surface area contributed by atoms with Gasteiger partial charge >= 0.3 is 0 Å². The number of nitrogens with one attached hydrogen (secondary N) is 2. The van der Waals surface area contributed by atoms with Gasteiger partial charge in [-0.2, -0.15) is 12.6 Å². The summed E-state index contributed by atoms with van der Waals surface area (Å²) in [5.74, 6) is 0.937. The van der Waals surface area contributed by atoms with Crippen molar-refractivity contribution in [3.63, 3.8) is 0 Å². The Morgan fingerprint density at radius 3 is 3.08 bits per heavy atom. The Morgan fingerprint density at radius 2 is 2.50 bits per heavy atom. The molecule has 1 atom stereocenters. The van der Waals surface area contributed by atoms with E-state index in [1.54, 1.807) is 0 Å². The highest BCUT2D eigenvalue weighted by atomic mass is 32.1. The maximum absolute atomic E-state index is 10.8. The van der Waals surface area contributed by atoms with Gasteiger partial charge in [-0.25, -0.2) is 0 Å². The molecule has 1 fully saturated rings. The summed E-state index contributed by atoms with van der Waals surface area (Å²) in [6.45, 7) is 2.95. The molecule has 0 aliphatic carbocycles. The van der Waals surface area contributed by atoms with Gasteiger partial charge in [-0.3, -0.25) is 4.79 Å². The minimum Gasteiger partial charge on any atom is -0.355 e. The van der Waals surface area contributed by atoms with E-state index in [4.69, 9.17) is 0 Å². The van der Waals surface area contributed by atoms with Crippen LogP contribution in [-0.2, 0) is 4.79 Å². The van der Waals surface area contributed by atoms with Gasteiger partial charge in [0.1, 0.15) is 0 Å². The second-order valence-electron chi connectivity index (χ2n) is 3.17. The molecule has 1 saturated heterocycles. The first kappa shape index (κ1) is 9.86. The molecule has 1 rings (SSSR count). The van der Waals surface area contributed by atoms with Gasteiger partial charge in [-0.05, 0) is 31.8 Å². The Labute approximate surface area is 78.7 Å². The summed E-state index contributed by atoms with van der Waals surface area (Å²) >= 11 is 3.89. The zero-order valence-corrected chi connectivity index (χ0v) is 8.07. The summed E-state index contributed by atoms with van der Waals surface area (Å²) in [7, 11) is 0. The molecule has 1 aliphatic rings. The van der Waals surface area contributed by atoms with Crippen LogP contribution in [0.5, 0.6) is 0 Å². The summed E-state index contributed by atoms with van der Waals surface area (Å²) in [5.41, 5.74) is 0. The number of piperidine rings is 1. The van der Waals surface area contributed by atoms with Crippen LogP contribution in [0.25, 0.3) is 0 Å². The lowest BCUT2D eigenvalue weighted by molar-refractivity contribution is -0.118. The summed E-state index contributed by atoms with van der Waals surface area (Å²) in [6.07, 6.45) is 2.45. The maximum atomic E-state index is 10.8.